The molecule has 2 rings (SSSR count). The molecule has 0 aliphatic rings. The average Bonchev–Trinajstić information content (AvgIpc) is 2.40. The van der Waals surface area contributed by atoms with Crippen LogP contribution in [0.4, 0.5) is 0 Å². The molecule has 0 aliphatic carbocycles. The van der Waals surface area contributed by atoms with Crippen molar-refractivity contribution in [3.05, 3.63) is 71.3 Å². The van der Waals surface area contributed by atoms with E-state index in [9.17, 15) is 0 Å². The topological polar surface area (TPSA) is 12.4 Å². The third kappa shape index (κ3) is 5.32. The van der Waals surface area contributed by atoms with Crippen LogP contribution < -0.4 is 29.6 Å². The van der Waals surface area contributed by atoms with Gasteiger partial charge in [0.05, 0.1) is 0 Å². The second-order valence-corrected chi connectivity index (χ2v) is 4.70. The Morgan fingerprint density at radius 3 is 2.47 bits per heavy atom. The van der Waals surface area contributed by atoms with E-state index in [4.69, 9.17) is 0 Å². The zero-order valence-corrected chi connectivity index (χ0v) is 13.9. The summed E-state index contributed by atoms with van der Waals surface area (Å²) in [7, 11) is 0. The van der Waals surface area contributed by atoms with Crippen molar-refractivity contribution in [3.63, 3.8) is 0 Å². The van der Waals surface area contributed by atoms with E-state index in [-0.39, 0.29) is 29.6 Å². The van der Waals surface area contributed by atoms with Crippen LogP contribution in [0, 0.1) is 6.07 Å². The molecule has 0 N–H and O–H groups in total. The van der Waals surface area contributed by atoms with E-state index in [1.165, 1.54) is 11.1 Å². The maximum absolute atomic E-state index is 4.44. The van der Waals surface area contributed by atoms with Crippen LogP contribution in [0.1, 0.15) is 36.5 Å². The normalized spacial score (nSPS) is 10.7. The van der Waals surface area contributed by atoms with Crippen molar-refractivity contribution in [2.24, 2.45) is 4.99 Å². The molecular weight excluding hydrogens is 241 g/mol. The first-order chi connectivity index (χ1) is 8.75. The predicted molar refractivity (Wildman–Crippen MR) is 77.1 cm³/mol. The molecule has 19 heavy (non-hydrogen) atoms. The molecule has 0 saturated carbocycles. The van der Waals surface area contributed by atoms with Gasteiger partial charge in [0.15, 0.2) is 0 Å². The zero-order chi connectivity index (χ0) is 12.8. The molecule has 2 aromatic rings. The van der Waals surface area contributed by atoms with Crippen molar-refractivity contribution in [3.8, 4) is 0 Å². The summed E-state index contributed by atoms with van der Waals surface area (Å²) in [5, 5.41) is 0. The van der Waals surface area contributed by atoms with Crippen molar-refractivity contribution < 1.29 is 29.6 Å². The molecule has 2 aromatic carbocycles. The summed E-state index contributed by atoms with van der Waals surface area (Å²) in [6.07, 6.45) is 1.93. The molecule has 1 nitrogen and oxygen atoms in total. The minimum absolute atomic E-state index is 0. The summed E-state index contributed by atoms with van der Waals surface area (Å²) < 4.78 is 0. The molecule has 0 bridgehead atoms. The Morgan fingerprint density at radius 2 is 1.89 bits per heavy atom. The largest absolute Gasteiger partial charge is 1.00 e. The van der Waals surface area contributed by atoms with Gasteiger partial charge in [0.2, 0.25) is 0 Å². The first kappa shape index (κ1) is 16.2. The summed E-state index contributed by atoms with van der Waals surface area (Å²) >= 11 is 0. The predicted octanol–water partition coefficient (Wildman–Crippen LogP) is 1.23. The quantitative estimate of drug-likeness (QED) is 0.445. The van der Waals surface area contributed by atoms with Crippen LogP contribution in [-0.2, 0) is 6.54 Å². The van der Waals surface area contributed by atoms with Gasteiger partial charge < -0.3 is 4.99 Å². The Balaban J connectivity index is 0.00000180. The van der Waals surface area contributed by atoms with Gasteiger partial charge in [0.1, 0.15) is 0 Å². The van der Waals surface area contributed by atoms with Crippen molar-refractivity contribution in [2.75, 3.05) is 0 Å². The molecule has 0 unspecified atom stereocenters. The van der Waals surface area contributed by atoms with E-state index in [0.29, 0.717) is 12.5 Å². The third-order valence-corrected chi connectivity index (χ3v) is 2.89. The minimum Gasteiger partial charge on any atom is -0.300 e. The Kier molecular flexibility index (Phi) is 7.07. The van der Waals surface area contributed by atoms with E-state index < -0.39 is 0 Å². The Hall–Kier alpha value is -0.890. The molecule has 0 saturated heterocycles. The smallest absolute Gasteiger partial charge is 0.300 e. The molecule has 0 atom stereocenters. The number of benzene rings is 2. The van der Waals surface area contributed by atoms with Gasteiger partial charge in [-0.3, -0.25) is 0 Å². The molecule has 0 aliphatic heterocycles. The number of nitrogens with zero attached hydrogens (tertiary/aromatic N) is 1. The van der Waals surface area contributed by atoms with E-state index in [2.05, 4.69) is 55.2 Å². The molecule has 0 aromatic heterocycles. The monoisotopic (exact) mass is 259 g/mol. The van der Waals surface area contributed by atoms with E-state index in [0.717, 1.165) is 5.56 Å². The van der Waals surface area contributed by atoms with Gasteiger partial charge in [-0.25, -0.2) is 0 Å². The Bertz CT molecular complexity index is 501. The maximum atomic E-state index is 4.44. The number of rotatable bonds is 4. The summed E-state index contributed by atoms with van der Waals surface area (Å²) in [5.74, 6) is 0.579. The fourth-order valence-electron chi connectivity index (χ4n) is 1.75. The first-order valence-electron chi connectivity index (χ1n) is 6.30. The number of hydrogen-bond donors (Lipinski definition) is 0. The molecule has 0 spiro atoms. The summed E-state index contributed by atoms with van der Waals surface area (Å²) in [6, 6.07) is 19.6. The second kappa shape index (κ2) is 8.31. The number of hydrogen-bond acceptors (Lipinski definition) is 1. The third-order valence-electron chi connectivity index (χ3n) is 2.89. The molecule has 0 fully saturated rings. The molecule has 92 valence electrons. The Labute approximate surface area is 138 Å². The molecule has 0 heterocycles. The van der Waals surface area contributed by atoms with Crippen molar-refractivity contribution >= 4 is 6.21 Å². The van der Waals surface area contributed by atoms with Crippen LogP contribution in [0.15, 0.2) is 53.5 Å². The summed E-state index contributed by atoms with van der Waals surface area (Å²) in [6.45, 7) is 5.12. The fraction of sp³-hybridized carbons (Fsp3) is 0.235. The Morgan fingerprint density at radius 1 is 1.16 bits per heavy atom. The van der Waals surface area contributed by atoms with Crippen LogP contribution in [-0.4, -0.2) is 6.21 Å². The second-order valence-electron chi connectivity index (χ2n) is 4.70. The average molecular weight is 259 g/mol. The van der Waals surface area contributed by atoms with Crippen LogP contribution in [0.2, 0.25) is 0 Å². The van der Waals surface area contributed by atoms with Crippen LogP contribution in [0.25, 0.3) is 0 Å². The van der Waals surface area contributed by atoms with Crippen LogP contribution in [0.5, 0.6) is 0 Å². The van der Waals surface area contributed by atoms with Gasteiger partial charge in [0, 0.05) is 12.8 Å². The van der Waals surface area contributed by atoms with Gasteiger partial charge in [-0.1, -0.05) is 38.1 Å². The first-order valence-corrected chi connectivity index (χ1v) is 6.30. The van der Waals surface area contributed by atoms with Crippen LogP contribution >= 0.6 is 0 Å². The minimum atomic E-state index is 0. The van der Waals surface area contributed by atoms with Gasteiger partial charge in [-0.15, -0.1) is 5.56 Å². The standard InChI is InChI=1S/C17H18N.Na/c1-14(2)17-10-8-16(9-11-17)13-18-12-15-6-4-3-5-7-15;/h3-4,6-11,13-14H,12H2,1-2H3;/q-1;+1. The maximum Gasteiger partial charge on any atom is 1.00 e. The van der Waals surface area contributed by atoms with E-state index in [1.807, 2.05) is 24.4 Å². The molecule has 2 heteroatoms. The molecule has 0 radical (unpaired) electrons. The van der Waals surface area contributed by atoms with Crippen molar-refractivity contribution in [1.82, 2.24) is 0 Å². The van der Waals surface area contributed by atoms with E-state index in [1.54, 1.807) is 0 Å². The molecular formula is C17H18NNa. The van der Waals surface area contributed by atoms with Gasteiger partial charge in [-0.05, 0) is 17.0 Å². The van der Waals surface area contributed by atoms with E-state index >= 15 is 0 Å². The SMILES string of the molecule is CC(C)c1ccc(C=NCc2c[c-]ccc2)cc1.[Na+]. The summed E-state index contributed by atoms with van der Waals surface area (Å²) in [4.78, 5) is 4.44. The fourth-order valence-corrected chi connectivity index (χ4v) is 1.75. The summed E-state index contributed by atoms with van der Waals surface area (Å²) in [5.41, 5.74) is 3.71. The van der Waals surface area contributed by atoms with Crippen LogP contribution in [0.3, 0.4) is 0 Å². The van der Waals surface area contributed by atoms with Gasteiger partial charge in [-0.2, -0.15) is 30.3 Å². The van der Waals surface area contributed by atoms with Crippen molar-refractivity contribution in [2.45, 2.75) is 26.3 Å². The zero-order valence-electron chi connectivity index (χ0n) is 11.9. The van der Waals surface area contributed by atoms with Crippen molar-refractivity contribution in [1.29, 1.82) is 0 Å². The van der Waals surface area contributed by atoms with Gasteiger partial charge >= 0.3 is 29.6 Å². The number of aliphatic imine (C=N–C) groups is 1. The van der Waals surface area contributed by atoms with Gasteiger partial charge in [0.25, 0.3) is 0 Å². The molecule has 0 amide bonds.